The van der Waals surface area contributed by atoms with Gasteiger partial charge >= 0.3 is 5.97 Å². The monoisotopic (exact) mass is 387 g/mol. The molecule has 4 nitrogen and oxygen atoms in total. The quantitative estimate of drug-likeness (QED) is 0.812. The number of carbonyl (C=O) groups excluding carboxylic acids is 1. The van der Waals surface area contributed by atoms with Crippen molar-refractivity contribution < 1.29 is 14.7 Å². The van der Waals surface area contributed by atoms with Crippen molar-refractivity contribution >= 4 is 34.5 Å². The Morgan fingerprint density at radius 3 is 2.70 bits per heavy atom. The molecule has 0 radical (unpaired) electrons. The van der Waals surface area contributed by atoms with E-state index in [4.69, 9.17) is 0 Å². The first kappa shape index (κ1) is 15.3. The van der Waals surface area contributed by atoms with Crippen LogP contribution in [0.2, 0.25) is 0 Å². The van der Waals surface area contributed by atoms with Crippen molar-refractivity contribution in [2.24, 2.45) is 5.41 Å². The molecule has 1 heterocycles. The second-order valence-corrected chi connectivity index (χ2v) is 6.43. The number of benzene rings is 1. The Labute approximate surface area is 132 Å². The molecular formula is C15H18INO3. The highest BCUT2D eigenvalue weighted by Gasteiger charge is 2.45. The molecule has 1 aromatic carbocycles. The average Bonchev–Trinajstić information content (AvgIpc) is 2.87. The predicted octanol–water partition coefficient (Wildman–Crippen LogP) is 2.93. The Balaban J connectivity index is 2.24. The summed E-state index contributed by atoms with van der Waals surface area (Å²) in [7, 11) is 0. The molecule has 0 aromatic heterocycles. The molecular weight excluding hydrogens is 369 g/mol. The van der Waals surface area contributed by atoms with E-state index < -0.39 is 11.4 Å². The molecule has 1 aromatic rings. The van der Waals surface area contributed by atoms with E-state index in [0.29, 0.717) is 31.5 Å². The Morgan fingerprint density at radius 2 is 2.15 bits per heavy atom. The number of hydrogen-bond acceptors (Lipinski definition) is 2. The van der Waals surface area contributed by atoms with Gasteiger partial charge in [0.2, 0.25) is 0 Å². The van der Waals surface area contributed by atoms with Crippen LogP contribution >= 0.6 is 22.6 Å². The number of carboxylic acids is 1. The lowest BCUT2D eigenvalue weighted by atomic mass is 9.84. The van der Waals surface area contributed by atoms with Gasteiger partial charge in [0.25, 0.3) is 5.91 Å². The Bertz CT molecular complexity index is 558. The molecule has 20 heavy (non-hydrogen) atoms. The molecule has 0 saturated carbocycles. The number of carbonyl (C=O) groups is 2. The highest BCUT2D eigenvalue weighted by molar-refractivity contribution is 14.1. The molecule has 0 bridgehead atoms. The van der Waals surface area contributed by atoms with E-state index in [2.05, 4.69) is 22.6 Å². The smallest absolute Gasteiger partial charge is 0.311 e. The number of likely N-dealkylation sites (tertiary alicyclic amines) is 1. The lowest BCUT2D eigenvalue weighted by Crippen LogP contribution is -2.36. The van der Waals surface area contributed by atoms with Gasteiger partial charge in [0, 0.05) is 16.7 Å². The zero-order valence-corrected chi connectivity index (χ0v) is 13.8. The van der Waals surface area contributed by atoms with Gasteiger partial charge < -0.3 is 10.0 Å². The van der Waals surface area contributed by atoms with Gasteiger partial charge in [-0.2, -0.15) is 0 Å². The van der Waals surface area contributed by atoms with Crippen LogP contribution in [0.3, 0.4) is 0 Å². The Morgan fingerprint density at radius 1 is 1.45 bits per heavy atom. The van der Waals surface area contributed by atoms with E-state index >= 15 is 0 Å². The van der Waals surface area contributed by atoms with Gasteiger partial charge in [-0.25, -0.2) is 0 Å². The van der Waals surface area contributed by atoms with Crippen LogP contribution in [0, 0.1) is 15.9 Å². The molecule has 0 aliphatic carbocycles. The minimum Gasteiger partial charge on any atom is -0.481 e. The first-order valence-electron chi connectivity index (χ1n) is 6.69. The van der Waals surface area contributed by atoms with E-state index in [1.807, 2.05) is 32.0 Å². The zero-order chi connectivity index (χ0) is 14.9. The van der Waals surface area contributed by atoms with Crippen molar-refractivity contribution in [1.82, 2.24) is 4.90 Å². The molecule has 1 unspecified atom stereocenters. The number of carboxylic acid groups (broad SMARTS) is 1. The minimum absolute atomic E-state index is 0.0605. The largest absolute Gasteiger partial charge is 0.481 e. The molecule has 1 fully saturated rings. The molecule has 1 aliphatic heterocycles. The molecule has 2 rings (SSSR count). The molecule has 1 atom stereocenters. The zero-order valence-electron chi connectivity index (χ0n) is 11.6. The lowest BCUT2D eigenvalue weighted by molar-refractivity contribution is -0.148. The fraction of sp³-hybridized carbons (Fsp3) is 0.467. The van der Waals surface area contributed by atoms with E-state index in [-0.39, 0.29) is 5.91 Å². The second-order valence-electron chi connectivity index (χ2n) is 5.35. The van der Waals surface area contributed by atoms with E-state index in [0.717, 1.165) is 9.13 Å². The van der Waals surface area contributed by atoms with Crippen LogP contribution in [-0.2, 0) is 4.79 Å². The van der Waals surface area contributed by atoms with Crippen LogP contribution in [0.5, 0.6) is 0 Å². The van der Waals surface area contributed by atoms with Crippen molar-refractivity contribution in [3.63, 3.8) is 0 Å². The van der Waals surface area contributed by atoms with Crippen LogP contribution in [-0.4, -0.2) is 35.0 Å². The summed E-state index contributed by atoms with van der Waals surface area (Å²) in [4.78, 5) is 25.7. The van der Waals surface area contributed by atoms with E-state index in [1.165, 1.54) is 0 Å². The second kappa shape index (κ2) is 5.71. The van der Waals surface area contributed by atoms with Gasteiger partial charge in [0.1, 0.15) is 0 Å². The van der Waals surface area contributed by atoms with Crippen LogP contribution < -0.4 is 0 Å². The number of aliphatic carboxylic acids is 1. The third-order valence-corrected chi connectivity index (χ3v) is 5.63. The highest BCUT2D eigenvalue weighted by atomic mass is 127. The summed E-state index contributed by atoms with van der Waals surface area (Å²) in [5, 5.41) is 9.39. The first-order valence-corrected chi connectivity index (χ1v) is 7.77. The molecule has 1 saturated heterocycles. The molecule has 1 amide bonds. The predicted molar refractivity (Wildman–Crippen MR) is 84.8 cm³/mol. The summed E-state index contributed by atoms with van der Waals surface area (Å²) < 4.78 is 0.944. The Hall–Kier alpha value is -1.11. The normalized spacial score (nSPS) is 22.1. The molecule has 108 valence electrons. The van der Waals surface area contributed by atoms with Crippen LogP contribution in [0.15, 0.2) is 18.2 Å². The van der Waals surface area contributed by atoms with Crippen molar-refractivity contribution in [1.29, 1.82) is 0 Å². The average molecular weight is 387 g/mol. The summed E-state index contributed by atoms with van der Waals surface area (Å²) in [6.45, 7) is 4.67. The summed E-state index contributed by atoms with van der Waals surface area (Å²) >= 11 is 2.17. The maximum absolute atomic E-state index is 12.6. The number of amides is 1. The number of nitrogens with zero attached hydrogens (tertiary/aromatic N) is 1. The topological polar surface area (TPSA) is 57.6 Å². The van der Waals surface area contributed by atoms with Crippen LogP contribution in [0.4, 0.5) is 0 Å². The number of hydrogen-bond donors (Lipinski definition) is 1. The SMILES string of the molecule is CCC1(C(=O)O)CCN(C(=O)c2cccc(C)c2I)C1. The standard InChI is InChI=1S/C15H18INO3/c1-3-15(14(19)20)7-8-17(9-15)13(18)11-6-4-5-10(2)12(11)16/h4-6H,3,7-9H2,1-2H3,(H,19,20). The van der Waals surface area contributed by atoms with Crippen molar-refractivity contribution in [2.75, 3.05) is 13.1 Å². The Kier molecular flexibility index (Phi) is 4.36. The highest BCUT2D eigenvalue weighted by Crippen LogP contribution is 2.35. The summed E-state index contributed by atoms with van der Waals surface area (Å²) in [6.07, 6.45) is 1.09. The fourth-order valence-electron chi connectivity index (χ4n) is 2.64. The van der Waals surface area contributed by atoms with Crippen molar-refractivity contribution in [3.05, 3.63) is 32.9 Å². The van der Waals surface area contributed by atoms with Gasteiger partial charge in [-0.15, -0.1) is 0 Å². The minimum atomic E-state index is -0.797. The van der Waals surface area contributed by atoms with Gasteiger partial charge in [-0.3, -0.25) is 9.59 Å². The first-order chi connectivity index (χ1) is 9.41. The number of aryl methyl sites for hydroxylation is 1. The van der Waals surface area contributed by atoms with Gasteiger partial charge in [-0.05, 0) is 54.0 Å². The third kappa shape index (κ3) is 2.55. The van der Waals surface area contributed by atoms with Crippen molar-refractivity contribution in [2.45, 2.75) is 26.7 Å². The third-order valence-electron chi connectivity index (χ3n) is 4.19. The van der Waals surface area contributed by atoms with Crippen LogP contribution in [0.1, 0.15) is 35.7 Å². The van der Waals surface area contributed by atoms with Gasteiger partial charge in [0.05, 0.1) is 11.0 Å². The fourth-order valence-corrected chi connectivity index (χ4v) is 3.23. The molecule has 1 aliphatic rings. The molecule has 5 heteroatoms. The maximum Gasteiger partial charge on any atom is 0.311 e. The van der Waals surface area contributed by atoms with Crippen molar-refractivity contribution in [3.8, 4) is 0 Å². The number of halogens is 1. The van der Waals surface area contributed by atoms with E-state index in [1.54, 1.807) is 4.90 Å². The molecule has 1 N–H and O–H groups in total. The van der Waals surface area contributed by atoms with Gasteiger partial charge in [-0.1, -0.05) is 19.1 Å². The summed E-state index contributed by atoms with van der Waals surface area (Å²) in [6, 6.07) is 5.64. The summed E-state index contributed by atoms with van der Waals surface area (Å²) in [5.74, 6) is -0.857. The number of rotatable bonds is 3. The van der Waals surface area contributed by atoms with Gasteiger partial charge in [0.15, 0.2) is 0 Å². The van der Waals surface area contributed by atoms with E-state index in [9.17, 15) is 14.7 Å². The lowest BCUT2D eigenvalue weighted by Gasteiger charge is -2.23. The molecule has 0 spiro atoms. The summed E-state index contributed by atoms with van der Waals surface area (Å²) in [5.41, 5.74) is 0.962. The maximum atomic E-state index is 12.6. The van der Waals surface area contributed by atoms with Crippen LogP contribution in [0.25, 0.3) is 0 Å².